The molecule has 1 aromatic carbocycles. The van der Waals surface area contributed by atoms with E-state index in [0.717, 1.165) is 18.7 Å². The van der Waals surface area contributed by atoms with Crippen molar-refractivity contribution in [1.82, 2.24) is 24.7 Å². The first-order chi connectivity index (χ1) is 15.9. The number of imidazole rings is 1. The number of benzene rings is 1. The van der Waals surface area contributed by atoms with E-state index in [2.05, 4.69) is 29.0 Å². The van der Waals surface area contributed by atoms with Gasteiger partial charge in [0.25, 0.3) is 0 Å². The Kier molecular flexibility index (Phi) is 7.95. The largest absolute Gasteiger partial charge is 0.355 e. The van der Waals surface area contributed by atoms with Gasteiger partial charge in [-0.05, 0) is 38.3 Å². The summed E-state index contributed by atoms with van der Waals surface area (Å²) in [4.78, 5) is 34.3. The molecule has 1 saturated heterocycles. The highest BCUT2D eigenvalue weighted by Gasteiger charge is 2.34. The van der Waals surface area contributed by atoms with Gasteiger partial charge in [-0.15, -0.1) is 0 Å². The number of carbonyl (C=O) groups is 2. The van der Waals surface area contributed by atoms with Crippen molar-refractivity contribution in [3.8, 4) is 0 Å². The molecular formula is C25H37F2N5O2. The highest BCUT2D eigenvalue weighted by atomic mass is 19.2. The quantitative estimate of drug-likeness (QED) is 0.632. The maximum absolute atomic E-state index is 13.9. The lowest BCUT2D eigenvalue weighted by Gasteiger charge is -2.36. The van der Waals surface area contributed by atoms with E-state index in [4.69, 9.17) is 0 Å². The third-order valence-electron chi connectivity index (χ3n) is 6.46. The predicted molar refractivity (Wildman–Crippen MR) is 128 cm³/mol. The van der Waals surface area contributed by atoms with Crippen molar-refractivity contribution in [2.75, 3.05) is 40.3 Å². The molecule has 1 aromatic heterocycles. The number of likely N-dealkylation sites (tertiary alicyclic amines) is 1. The van der Waals surface area contributed by atoms with Gasteiger partial charge in [-0.3, -0.25) is 9.59 Å². The number of piperidine rings is 1. The fourth-order valence-corrected chi connectivity index (χ4v) is 4.90. The van der Waals surface area contributed by atoms with Crippen molar-refractivity contribution in [2.24, 2.45) is 17.3 Å². The molecule has 0 spiro atoms. The highest BCUT2D eigenvalue weighted by Crippen LogP contribution is 2.29. The van der Waals surface area contributed by atoms with Crippen LogP contribution in [0, 0.1) is 28.9 Å². The van der Waals surface area contributed by atoms with Gasteiger partial charge in [0.05, 0.1) is 17.4 Å². The lowest BCUT2D eigenvalue weighted by Crippen LogP contribution is -2.47. The van der Waals surface area contributed by atoms with Gasteiger partial charge in [-0.25, -0.2) is 13.8 Å². The molecule has 1 aliphatic heterocycles. The van der Waals surface area contributed by atoms with E-state index in [1.165, 1.54) is 6.33 Å². The van der Waals surface area contributed by atoms with Gasteiger partial charge in [0.1, 0.15) is 6.04 Å². The molecule has 0 bridgehead atoms. The van der Waals surface area contributed by atoms with Crippen LogP contribution >= 0.6 is 0 Å². The summed E-state index contributed by atoms with van der Waals surface area (Å²) < 4.78 is 29.1. The van der Waals surface area contributed by atoms with Gasteiger partial charge >= 0.3 is 0 Å². The van der Waals surface area contributed by atoms with Crippen molar-refractivity contribution in [3.63, 3.8) is 0 Å². The molecule has 1 N–H and O–H groups in total. The number of carbonyl (C=O) groups excluding carboxylic acids is 2. The Labute approximate surface area is 200 Å². The first-order valence-electron chi connectivity index (χ1n) is 11.9. The van der Waals surface area contributed by atoms with Crippen molar-refractivity contribution < 1.29 is 18.4 Å². The minimum Gasteiger partial charge on any atom is -0.355 e. The van der Waals surface area contributed by atoms with Crippen LogP contribution in [0.4, 0.5) is 8.78 Å². The Balaban J connectivity index is 1.64. The zero-order valence-electron chi connectivity index (χ0n) is 21.1. The average Bonchev–Trinajstić information content (AvgIpc) is 3.13. The number of nitrogens with one attached hydrogen (secondary N) is 1. The van der Waals surface area contributed by atoms with Crippen LogP contribution in [0.2, 0.25) is 0 Å². The molecule has 188 valence electrons. The summed E-state index contributed by atoms with van der Waals surface area (Å²) >= 11 is 0. The SMILES string of the molecule is CC(C)C(C(=O)N1CCC(C(=O)NCC(C)(C)CN(C)C)CC1)n1cnc2cc(F)c(F)cc21. The normalized spacial score (nSPS) is 16.5. The van der Waals surface area contributed by atoms with Gasteiger partial charge in [-0.2, -0.15) is 0 Å². The van der Waals surface area contributed by atoms with Gasteiger partial charge in [-0.1, -0.05) is 27.7 Å². The van der Waals surface area contributed by atoms with Crippen LogP contribution in [0.3, 0.4) is 0 Å². The summed E-state index contributed by atoms with van der Waals surface area (Å²) in [6, 6.07) is 1.55. The molecule has 0 aliphatic carbocycles. The second-order valence-corrected chi connectivity index (χ2v) is 10.8. The standard InChI is InChI=1S/C25H37F2N5O2/c1-16(2)22(32-15-29-20-11-18(26)19(27)12-21(20)32)24(34)31-9-7-17(8-10-31)23(33)28-13-25(3,4)14-30(5)6/h11-12,15-17,22H,7-10,13-14H2,1-6H3,(H,28,33). The third-order valence-corrected chi connectivity index (χ3v) is 6.46. The summed E-state index contributed by atoms with van der Waals surface area (Å²) in [6.07, 6.45) is 2.67. The van der Waals surface area contributed by atoms with Gasteiger partial charge in [0.15, 0.2) is 11.6 Å². The number of rotatable bonds is 8. The Hall–Kier alpha value is -2.55. The minimum atomic E-state index is -0.968. The number of hydrogen-bond acceptors (Lipinski definition) is 4. The molecular weight excluding hydrogens is 440 g/mol. The molecule has 2 amide bonds. The molecule has 0 radical (unpaired) electrons. The highest BCUT2D eigenvalue weighted by molar-refractivity contribution is 5.85. The van der Waals surface area contributed by atoms with Crippen molar-refractivity contribution in [1.29, 1.82) is 0 Å². The zero-order valence-corrected chi connectivity index (χ0v) is 21.1. The van der Waals surface area contributed by atoms with Crippen molar-refractivity contribution in [2.45, 2.75) is 46.6 Å². The molecule has 0 saturated carbocycles. The number of nitrogens with zero attached hydrogens (tertiary/aromatic N) is 4. The van der Waals surface area contributed by atoms with E-state index < -0.39 is 17.7 Å². The average molecular weight is 478 g/mol. The maximum atomic E-state index is 13.9. The fraction of sp³-hybridized carbons (Fsp3) is 0.640. The summed E-state index contributed by atoms with van der Waals surface area (Å²) in [6.45, 7) is 10.5. The number of fused-ring (bicyclic) bond motifs is 1. The summed E-state index contributed by atoms with van der Waals surface area (Å²) in [5, 5.41) is 3.09. The van der Waals surface area contributed by atoms with Crippen LogP contribution in [-0.2, 0) is 9.59 Å². The first-order valence-corrected chi connectivity index (χ1v) is 11.9. The van der Waals surface area contributed by atoms with Crippen LogP contribution in [0.5, 0.6) is 0 Å². The molecule has 9 heteroatoms. The topological polar surface area (TPSA) is 70.5 Å². The molecule has 1 unspecified atom stereocenters. The van der Waals surface area contributed by atoms with Gasteiger partial charge in [0, 0.05) is 44.2 Å². The number of halogens is 2. The molecule has 34 heavy (non-hydrogen) atoms. The molecule has 1 aliphatic rings. The van der Waals surface area contributed by atoms with E-state index >= 15 is 0 Å². The van der Waals surface area contributed by atoms with Gasteiger partial charge in [0.2, 0.25) is 11.8 Å². The lowest BCUT2D eigenvalue weighted by atomic mass is 9.91. The number of hydrogen-bond donors (Lipinski definition) is 1. The Morgan fingerprint density at radius 1 is 1.18 bits per heavy atom. The third kappa shape index (κ3) is 5.92. The minimum absolute atomic E-state index is 0.0315. The lowest BCUT2D eigenvalue weighted by molar-refractivity contribution is -0.139. The second kappa shape index (κ2) is 10.4. The van der Waals surface area contributed by atoms with Gasteiger partial charge < -0.3 is 19.7 Å². The number of aromatic nitrogens is 2. The van der Waals surface area contributed by atoms with Crippen molar-refractivity contribution >= 4 is 22.8 Å². The predicted octanol–water partition coefficient (Wildman–Crippen LogP) is 3.45. The summed E-state index contributed by atoms with van der Waals surface area (Å²) in [7, 11) is 4.03. The van der Waals surface area contributed by atoms with E-state index in [1.54, 1.807) is 9.47 Å². The van der Waals surface area contributed by atoms with E-state index in [1.807, 2.05) is 27.9 Å². The van der Waals surface area contributed by atoms with E-state index in [-0.39, 0.29) is 29.1 Å². The summed E-state index contributed by atoms with van der Waals surface area (Å²) in [5.74, 6) is -2.19. The molecule has 2 heterocycles. The second-order valence-electron chi connectivity index (χ2n) is 10.8. The van der Waals surface area contributed by atoms with E-state index in [0.29, 0.717) is 43.5 Å². The zero-order chi connectivity index (χ0) is 25.2. The molecule has 1 fully saturated rings. The molecule has 2 aromatic rings. The monoisotopic (exact) mass is 477 g/mol. The van der Waals surface area contributed by atoms with Crippen LogP contribution in [0.25, 0.3) is 11.0 Å². The van der Waals surface area contributed by atoms with Crippen LogP contribution in [0.1, 0.15) is 46.6 Å². The van der Waals surface area contributed by atoms with Crippen LogP contribution in [-0.4, -0.2) is 71.4 Å². The van der Waals surface area contributed by atoms with E-state index in [9.17, 15) is 18.4 Å². The van der Waals surface area contributed by atoms with Crippen molar-refractivity contribution in [3.05, 3.63) is 30.1 Å². The maximum Gasteiger partial charge on any atom is 0.245 e. The van der Waals surface area contributed by atoms with Crippen LogP contribution in [0.15, 0.2) is 18.5 Å². The molecule has 7 nitrogen and oxygen atoms in total. The van der Waals surface area contributed by atoms with Crippen LogP contribution < -0.4 is 5.32 Å². The number of amides is 2. The smallest absolute Gasteiger partial charge is 0.245 e. The fourth-order valence-electron chi connectivity index (χ4n) is 4.90. The molecule has 3 rings (SSSR count). The summed E-state index contributed by atoms with van der Waals surface area (Å²) in [5.41, 5.74) is 0.668. The molecule has 1 atom stereocenters. The Morgan fingerprint density at radius 3 is 2.38 bits per heavy atom. The first kappa shape index (κ1) is 26.1. The Bertz CT molecular complexity index is 1030. The Morgan fingerprint density at radius 2 is 1.79 bits per heavy atom.